The molecule has 0 spiro atoms. The molecule has 4 fully saturated rings. The number of carbonyl (C=O) groups excluding carboxylic acids is 1. The number of aliphatic hydroxyl groups is 1. The van der Waals surface area contributed by atoms with Crippen molar-refractivity contribution in [3.63, 3.8) is 0 Å². The monoisotopic (exact) mass is 579 g/mol. The van der Waals surface area contributed by atoms with Crippen molar-refractivity contribution < 1.29 is 24.5 Å². The van der Waals surface area contributed by atoms with Gasteiger partial charge in [-0.05, 0) is 104 Å². The second-order valence-corrected chi connectivity index (χ2v) is 15.7. The SMILES string of the molecule is C[C@H]1[C@H](C)CC[C@]2(C(=O)O)CC[C@]3(C)C(=CC[C@@H]4[C@@]5(C)CC[C@H](OC(=O)[C@@H](N)CO)C(C)(C)[C@@H]5CC[C@]43C)[C@H]12.Cl. The minimum atomic E-state index is -0.986. The van der Waals surface area contributed by atoms with Crippen LogP contribution in [0.5, 0.6) is 0 Å². The number of aliphatic hydroxyl groups excluding tert-OH is 1. The quantitative estimate of drug-likeness (QED) is 0.263. The van der Waals surface area contributed by atoms with Gasteiger partial charge in [-0.15, -0.1) is 12.4 Å². The van der Waals surface area contributed by atoms with Crippen LogP contribution in [-0.4, -0.2) is 40.9 Å². The highest BCUT2D eigenvalue weighted by Crippen LogP contribution is 2.75. The van der Waals surface area contributed by atoms with Crippen molar-refractivity contribution in [2.24, 2.45) is 62.4 Å². The minimum absolute atomic E-state index is 0. The van der Waals surface area contributed by atoms with Crippen LogP contribution in [0.3, 0.4) is 0 Å². The summed E-state index contributed by atoms with van der Waals surface area (Å²) in [7, 11) is 0. The third kappa shape index (κ3) is 4.08. The Balaban J connectivity index is 0.00000370. The second kappa shape index (κ2) is 10.3. The zero-order valence-electron chi connectivity index (χ0n) is 25.8. The number of carboxylic acid groups (broad SMARTS) is 1. The molecule has 0 aromatic carbocycles. The molecule has 4 saturated carbocycles. The molecule has 7 heteroatoms. The van der Waals surface area contributed by atoms with Gasteiger partial charge < -0.3 is 20.7 Å². The summed E-state index contributed by atoms with van der Waals surface area (Å²) in [4.78, 5) is 25.4. The second-order valence-electron chi connectivity index (χ2n) is 15.7. The van der Waals surface area contributed by atoms with Crippen molar-refractivity contribution in [2.45, 2.75) is 118 Å². The molecule has 0 aliphatic heterocycles. The van der Waals surface area contributed by atoms with Gasteiger partial charge >= 0.3 is 11.9 Å². The Kier molecular flexibility index (Phi) is 8.16. The Morgan fingerprint density at radius 1 is 1.00 bits per heavy atom. The first-order valence-electron chi connectivity index (χ1n) is 15.6. The molecule has 0 radical (unpaired) electrons. The first-order valence-corrected chi connectivity index (χ1v) is 15.6. The predicted molar refractivity (Wildman–Crippen MR) is 159 cm³/mol. The molecule has 0 aromatic heterocycles. The highest BCUT2D eigenvalue weighted by molar-refractivity contribution is 5.85. The standard InChI is InChI=1S/C33H53NO5.ClH/c1-19-10-15-33(28(37)38)17-16-31(6)21(26(33)20(19)2)8-9-24-30(5)13-12-25(39-27(36)22(34)18-35)29(3,4)23(30)11-14-32(24,31)7;/h8,19-20,22-26,35H,9-18,34H2,1-7H3,(H,37,38);1H/t19-,20+,22+,23+,24-,25+,26+,30+,31-,32-,33+;/m1./s1. The highest BCUT2D eigenvalue weighted by atomic mass is 35.5. The number of fused-ring (bicyclic) bond motifs is 7. The van der Waals surface area contributed by atoms with E-state index >= 15 is 0 Å². The van der Waals surface area contributed by atoms with E-state index in [-0.39, 0.29) is 46.1 Å². The number of hydrogen-bond acceptors (Lipinski definition) is 5. The zero-order chi connectivity index (χ0) is 28.8. The van der Waals surface area contributed by atoms with E-state index in [0.29, 0.717) is 23.7 Å². The summed E-state index contributed by atoms with van der Waals surface area (Å²) >= 11 is 0. The van der Waals surface area contributed by atoms with Gasteiger partial charge in [0, 0.05) is 5.41 Å². The maximum atomic E-state index is 12.9. The van der Waals surface area contributed by atoms with E-state index in [9.17, 15) is 19.8 Å². The molecular weight excluding hydrogens is 526 g/mol. The van der Waals surface area contributed by atoms with Crippen molar-refractivity contribution in [2.75, 3.05) is 6.61 Å². The van der Waals surface area contributed by atoms with Gasteiger partial charge in [-0.25, -0.2) is 0 Å². The number of nitrogens with two attached hydrogens (primary N) is 1. The molecule has 228 valence electrons. The molecule has 5 rings (SSSR count). The van der Waals surface area contributed by atoms with Gasteiger partial charge in [0.05, 0.1) is 12.0 Å². The van der Waals surface area contributed by atoms with Crippen LogP contribution in [0.15, 0.2) is 11.6 Å². The number of esters is 1. The van der Waals surface area contributed by atoms with Crippen molar-refractivity contribution >= 4 is 24.3 Å². The summed E-state index contributed by atoms with van der Waals surface area (Å²) in [5, 5.41) is 20.0. The lowest BCUT2D eigenvalue weighted by Gasteiger charge is -2.71. The van der Waals surface area contributed by atoms with Crippen LogP contribution in [0, 0.1) is 56.7 Å². The molecular formula is C33H54ClNO5. The fourth-order valence-corrected chi connectivity index (χ4v) is 11.3. The van der Waals surface area contributed by atoms with E-state index in [1.807, 2.05) is 0 Å². The van der Waals surface area contributed by atoms with Crippen LogP contribution >= 0.6 is 12.4 Å². The molecule has 0 heterocycles. The van der Waals surface area contributed by atoms with Gasteiger partial charge in [-0.2, -0.15) is 0 Å². The molecule has 11 atom stereocenters. The number of aliphatic carboxylic acids is 1. The van der Waals surface area contributed by atoms with E-state index < -0.39 is 30.0 Å². The normalized spacial score (nSPS) is 48.1. The first kappa shape index (κ1) is 31.8. The maximum Gasteiger partial charge on any atom is 0.325 e. The van der Waals surface area contributed by atoms with E-state index in [1.54, 1.807) is 0 Å². The smallest absolute Gasteiger partial charge is 0.325 e. The number of ether oxygens (including phenoxy) is 1. The van der Waals surface area contributed by atoms with Crippen LogP contribution in [0.4, 0.5) is 0 Å². The number of carbonyl (C=O) groups is 2. The van der Waals surface area contributed by atoms with Gasteiger partial charge in [0.25, 0.3) is 0 Å². The van der Waals surface area contributed by atoms with Crippen LogP contribution in [0.25, 0.3) is 0 Å². The fraction of sp³-hybridized carbons (Fsp3) is 0.879. The lowest BCUT2D eigenvalue weighted by molar-refractivity contribution is -0.215. The summed E-state index contributed by atoms with van der Waals surface area (Å²) in [5.74, 6) is 0.883. The number of allylic oxidation sites excluding steroid dienone is 2. The van der Waals surface area contributed by atoms with Crippen LogP contribution in [0.2, 0.25) is 0 Å². The Labute approximate surface area is 247 Å². The minimum Gasteiger partial charge on any atom is -0.481 e. The van der Waals surface area contributed by atoms with E-state index in [2.05, 4.69) is 54.5 Å². The number of carboxylic acids is 1. The third-order valence-corrected chi connectivity index (χ3v) is 14.1. The summed E-state index contributed by atoms with van der Waals surface area (Å²) in [5.41, 5.74) is 6.66. The topological polar surface area (TPSA) is 110 Å². The molecule has 0 saturated heterocycles. The van der Waals surface area contributed by atoms with Crippen LogP contribution in [0.1, 0.15) is 106 Å². The van der Waals surface area contributed by atoms with Crippen molar-refractivity contribution in [3.05, 3.63) is 11.6 Å². The van der Waals surface area contributed by atoms with E-state index in [0.717, 1.165) is 57.8 Å². The summed E-state index contributed by atoms with van der Waals surface area (Å²) in [6.45, 7) is 16.3. The average molecular weight is 580 g/mol. The van der Waals surface area contributed by atoms with Crippen LogP contribution < -0.4 is 5.73 Å². The number of halogens is 1. The Morgan fingerprint density at radius 2 is 1.68 bits per heavy atom. The summed E-state index contributed by atoms with van der Waals surface area (Å²) in [6.07, 6.45) is 10.9. The molecule has 6 nitrogen and oxygen atoms in total. The lowest BCUT2D eigenvalue weighted by atomic mass is 9.33. The molecule has 5 aliphatic carbocycles. The third-order valence-electron chi connectivity index (χ3n) is 14.1. The molecule has 0 aromatic rings. The number of hydrogen-bond donors (Lipinski definition) is 3. The van der Waals surface area contributed by atoms with Gasteiger partial charge in [0.15, 0.2) is 0 Å². The molecule has 40 heavy (non-hydrogen) atoms. The number of rotatable bonds is 4. The van der Waals surface area contributed by atoms with Gasteiger partial charge in [-0.3, -0.25) is 9.59 Å². The Hall–Kier alpha value is -1.11. The van der Waals surface area contributed by atoms with Crippen LogP contribution in [-0.2, 0) is 14.3 Å². The van der Waals surface area contributed by atoms with Crippen molar-refractivity contribution in [3.8, 4) is 0 Å². The van der Waals surface area contributed by atoms with Gasteiger partial charge in [0.1, 0.15) is 12.1 Å². The molecule has 0 bridgehead atoms. The van der Waals surface area contributed by atoms with Crippen molar-refractivity contribution in [1.29, 1.82) is 0 Å². The average Bonchev–Trinajstić information content (AvgIpc) is 2.87. The fourth-order valence-electron chi connectivity index (χ4n) is 11.3. The first-order chi connectivity index (χ1) is 18.1. The van der Waals surface area contributed by atoms with Crippen molar-refractivity contribution in [1.82, 2.24) is 0 Å². The highest BCUT2D eigenvalue weighted by Gasteiger charge is 2.69. The van der Waals surface area contributed by atoms with E-state index in [4.69, 9.17) is 10.5 Å². The Morgan fingerprint density at radius 3 is 2.30 bits per heavy atom. The maximum absolute atomic E-state index is 12.9. The van der Waals surface area contributed by atoms with Gasteiger partial charge in [0.2, 0.25) is 0 Å². The molecule has 0 amide bonds. The summed E-state index contributed by atoms with van der Waals surface area (Å²) < 4.78 is 5.94. The zero-order valence-corrected chi connectivity index (χ0v) is 26.6. The van der Waals surface area contributed by atoms with E-state index in [1.165, 1.54) is 5.57 Å². The lowest BCUT2D eigenvalue weighted by Crippen LogP contribution is -2.65. The predicted octanol–water partition coefficient (Wildman–Crippen LogP) is 6.38. The van der Waals surface area contributed by atoms with Gasteiger partial charge in [-0.1, -0.05) is 60.1 Å². The largest absolute Gasteiger partial charge is 0.481 e. The molecule has 4 N–H and O–H groups in total. The Bertz CT molecular complexity index is 1060. The molecule has 0 unspecified atom stereocenters. The summed E-state index contributed by atoms with van der Waals surface area (Å²) in [6, 6.07) is -0.986. The molecule has 5 aliphatic rings.